The van der Waals surface area contributed by atoms with Gasteiger partial charge >= 0.3 is 5.97 Å². The molecule has 0 bridgehead atoms. The summed E-state index contributed by atoms with van der Waals surface area (Å²) in [7, 11) is 1.43. The summed E-state index contributed by atoms with van der Waals surface area (Å²) in [6, 6.07) is 8.96. The Hall–Kier alpha value is -2.41. The van der Waals surface area contributed by atoms with Crippen molar-refractivity contribution in [3.8, 4) is 0 Å². The van der Waals surface area contributed by atoms with E-state index in [2.05, 4.69) is 45.7 Å². The second kappa shape index (κ2) is 10.0. The highest BCUT2D eigenvalue weighted by Crippen LogP contribution is 2.42. The van der Waals surface area contributed by atoms with Crippen molar-refractivity contribution in [2.75, 3.05) is 13.7 Å². The number of carbonyl (C=O) groups excluding carboxylic acids is 1. The molecule has 2 fully saturated rings. The fraction of sp³-hybridized carbons (Fsp3) is 0.560. The molecular formula is C25H34N4O2S. The van der Waals surface area contributed by atoms with Gasteiger partial charge in [0.25, 0.3) is 0 Å². The van der Waals surface area contributed by atoms with Crippen LogP contribution >= 0.6 is 12.2 Å². The van der Waals surface area contributed by atoms with Gasteiger partial charge in [0.1, 0.15) is 0 Å². The van der Waals surface area contributed by atoms with Crippen LogP contribution in [-0.4, -0.2) is 39.2 Å². The SMILES string of the molecule is COC(=O)CCCN1C(=S)N[C@H](c2ccccn2)[C@H]1c1cc(C)n(C2CCCCC2)c1C. The summed E-state index contributed by atoms with van der Waals surface area (Å²) in [5.41, 5.74) is 4.92. The van der Waals surface area contributed by atoms with Gasteiger partial charge in [0.05, 0.1) is 24.9 Å². The molecular weight excluding hydrogens is 420 g/mol. The minimum absolute atomic E-state index is 0.0258. The maximum absolute atomic E-state index is 11.7. The molecule has 2 aromatic heterocycles. The number of nitrogens with one attached hydrogen (secondary N) is 1. The lowest BCUT2D eigenvalue weighted by molar-refractivity contribution is -0.140. The highest BCUT2D eigenvalue weighted by molar-refractivity contribution is 7.80. The molecule has 1 aliphatic carbocycles. The van der Waals surface area contributed by atoms with Crippen LogP contribution in [0, 0.1) is 13.8 Å². The summed E-state index contributed by atoms with van der Waals surface area (Å²) in [5, 5.41) is 4.25. The molecule has 1 saturated heterocycles. The van der Waals surface area contributed by atoms with Gasteiger partial charge in [-0.1, -0.05) is 25.3 Å². The highest BCUT2D eigenvalue weighted by Gasteiger charge is 2.41. The zero-order chi connectivity index (χ0) is 22.7. The highest BCUT2D eigenvalue weighted by atomic mass is 32.1. The number of nitrogens with zero attached hydrogens (tertiary/aromatic N) is 3. The number of pyridine rings is 1. The summed E-state index contributed by atoms with van der Waals surface area (Å²) in [5.74, 6) is -0.184. The van der Waals surface area contributed by atoms with E-state index in [1.54, 1.807) is 0 Å². The van der Waals surface area contributed by atoms with Crippen LogP contribution in [0.15, 0.2) is 30.5 Å². The average Bonchev–Trinajstić information content (AvgIpc) is 3.29. The van der Waals surface area contributed by atoms with Crippen molar-refractivity contribution in [2.24, 2.45) is 0 Å². The molecule has 1 N–H and O–H groups in total. The minimum atomic E-state index is -0.184. The van der Waals surface area contributed by atoms with Gasteiger partial charge in [-0.05, 0) is 69.1 Å². The van der Waals surface area contributed by atoms with Gasteiger partial charge in [0.15, 0.2) is 5.11 Å². The zero-order valence-corrected chi connectivity index (χ0v) is 20.2. The van der Waals surface area contributed by atoms with Gasteiger partial charge in [0.2, 0.25) is 0 Å². The van der Waals surface area contributed by atoms with Crippen LogP contribution in [0.2, 0.25) is 0 Å². The Balaban J connectivity index is 1.68. The normalized spacial score (nSPS) is 21.6. The van der Waals surface area contributed by atoms with E-state index in [4.69, 9.17) is 17.0 Å². The van der Waals surface area contributed by atoms with Gasteiger partial charge in [0, 0.05) is 36.6 Å². The number of esters is 1. The molecule has 2 aliphatic rings. The quantitative estimate of drug-likeness (QED) is 0.473. The van der Waals surface area contributed by atoms with Gasteiger partial charge < -0.3 is 19.5 Å². The number of carbonyl (C=O) groups is 1. The van der Waals surface area contributed by atoms with Gasteiger partial charge in [-0.25, -0.2) is 0 Å². The van der Waals surface area contributed by atoms with Crippen LogP contribution < -0.4 is 5.32 Å². The maximum atomic E-state index is 11.7. The van der Waals surface area contributed by atoms with Crippen LogP contribution in [0.4, 0.5) is 0 Å². The first-order chi connectivity index (χ1) is 15.5. The number of aryl methyl sites for hydroxylation is 1. The summed E-state index contributed by atoms with van der Waals surface area (Å²) in [4.78, 5) is 18.6. The third-order valence-corrected chi connectivity index (χ3v) is 7.34. The summed E-state index contributed by atoms with van der Waals surface area (Å²) >= 11 is 5.77. The molecule has 0 unspecified atom stereocenters. The van der Waals surface area contributed by atoms with Crippen molar-refractivity contribution < 1.29 is 9.53 Å². The summed E-state index contributed by atoms with van der Waals surface area (Å²) < 4.78 is 7.38. The number of hydrogen-bond acceptors (Lipinski definition) is 4. The zero-order valence-electron chi connectivity index (χ0n) is 19.3. The lowest BCUT2D eigenvalue weighted by atomic mass is 9.94. The lowest BCUT2D eigenvalue weighted by Gasteiger charge is -2.29. The third kappa shape index (κ3) is 4.53. The molecule has 1 aliphatic heterocycles. The van der Waals surface area contributed by atoms with E-state index in [0.29, 0.717) is 25.4 Å². The lowest BCUT2D eigenvalue weighted by Crippen LogP contribution is -2.31. The van der Waals surface area contributed by atoms with Crippen molar-refractivity contribution in [2.45, 2.75) is 76.9 Å². The molecule has 2 atom stereocenters. The fourth-order valence-corrected chi connectivity index (χ4v) is 5.82. The smallest absolute Gasteiger partial charge is 0.305 e. The number of hydrogen-bond donors (Lipinski definition) is 1. The molecule has 6 nitrogen and oxygen atoms in total. The summed E-state index contributed by atoms with van der Waals surface area (Å²) in [6.45, 7) is 5.17. The molecule has 172 valence electrons. The largest absolute Gasteiger partial charge is 0.469 e. The molecule has 4 rings (SSSR count). The first-order valence-electron chi connectivity index (χ1n) is 11.7. The number of thiocarbonyl (C=S) groups is 1. The second-order valence-electron chi connectivity index (χ2n) is 8.99. The van der Waals surface area contributed by atoms with Crippen molar-refractivity contribution in [1.82, 2.24) is 19.8 Å². The van der Waals surface area contributed by atoms with E-state index in [1.807, 2.05) is 18.3 Å². The van der Waals surface area contributed by atoms with Crippen LogP contribution in [0.1, 0.15) is 85.7 Å². The van der Waals surface area contributed by atoms with Crippen LogP contribution in [0.3, 0.4) is 0 Å². The monoisotopic (exact) mass is 454 g/mol. The molecule has 32 heavy (non-hydrogen) atoms. The van der Waals surface area contributed by atoms with Crippen LogP contribution in [0.25, 0.3) is 0 Å². The van der Waals surface area contributed by atoms with Gasteiger partial charge in [-0.15, -0.1) is 0 Å². The van der Waals surface area contributed by atoms with E-state index in [9.17, 15) is 4.79 Å². The third-order valence-electron chi connectivity index (χ3n) is 6.99. The Morgan fingerprint density at radius 3 is 2.72 bits per heavy atom. The first kappa shape index (κ1) is 22.8. The fourth-order valence-electron chi connectivity index (χ4n) is 5.48. The predicted octanol–water partition coefficient (Wildman–Crippen LogP) is 4.93. The van der Waals surface area contributed by atoms with E-state index < -0.39 is 0 Å². The molecule has 2 aromatic rings. The predicted molar refractivity (Wildman–Crippen MR) is 129 cm³/mol. The number of ether oxygens (including phenoxy) is 1. The average molecular weight is 455 g/mol. The second-order valence-corrected chi connectivity index (χ2v) is 9.37. The molecule has 0 spiro atoms. The minimum Gasteiger partial charge on any atom is -0.469 e. The van der Waals surface area contributed by atoms with Crippen molar-refractivity contribution in [3.63, 3.8) is 0 Å². The Bertz CT molecular complexity index is 952. The Morgan fingerprint density at radius 1 is 1.25 bits per heavy atom. The van der Waals surface area contributed by atoms with Crippen LogP contribution in [0.5, 0.6) is 0 Å². The van der Waals surface area contributed by atoms with E-state index in [0.717, 1.165) is 10.8 Å². The first-order valence-corrected chi connectivity index (χ1v) is 12.1. The molecule has 0 radical (unpaired) electrons. The van der Waals surface area contributed by atoms with E-state index in [-0.39, 0.29) is 18.1 Å². The standard InChI is InChI=1S/C25H34N4O2S/c1-17-16-20(18(2)29(17)19-10-5-4-6-11-19)24-23(21-12-7-8-14-26-21)27-25(32)28(24)15-9-13-22(30)31-3/h7-8,12,14,16,19,23-24H,4-6,9-11,13,15H2,1-3H3,(H,27,32)/t23-,24-/m1/s1. The number of rotatable bonds is 7. The molecule has 1 saturated carbocycles. The molecule has 7 heteroatoms. The van der Waals surface area contributed by atoms with Gasteiger partial charge in [-0.3, -0.25) is 9.78 Å². The summed E-state index contributed by atoms with van der Waals surface area (Å²) in [6.07, 6.45) is 9.39. The molecule has 0 amide bonds. The van der Waals surface area contributed by atoms with Crippen molar-refractivity contribution in [3.05, 3.63) is 53.1 Å². The van der Waals surface area contributed by atoms with Gasteiger partial charge in [-0.2, -0.15) is 0 Å². The van der Waals surface area contributed by atoms with Crippen molar-refractivity contribution >= 4 is 23.3 Å². The van der Waals surface area contributed by atoms with Crippen LogP contribution in [-0.2, 0) is 9.53 Å². The van der Waals surface area contributed by atoms with E-state index >= 15 is 0 Å². The van der Waals surface area contributed by atoms with E-state index in [1.165, 1.54) is 56.2 Å². The molecule has 3 heterocycles. The Morgan fingerprint density at radius 2 is 2.03 bits per heavy atom. The Kier molecular flexibility index (Phi) is 7.13. The Labute approximate surface area is 196 Å². The topological polar surface area (TPSA) is 59.4 Å². The van der Waals surface area contributed by atoms with Crippen molar-refractivity contribution in [1.29, 1.82) is 0 Å². The maximum Gasteiger partial charge on any atom is 0.305 e. The number of methoxy groups -OCH3 is 1. The molecule has 0 aromatic carbocycles. The number of aromatic nitrogens is 2.